The predicted octanol–water partition coefficient (Wildman–Crippen LogP) is 3.34. The number of hydrogen-bond donors (Lipinski definition) is 0. The zero-order valence-corrected chi connectivity index (χ0v) is 8.76. The van der Waals surface area contributed by atoms with Crippen LogP contribution in [0.15, 0.2) is 0 Å². The summed E-state index contributed by atoms with van der Waals surface area (Å²) in [6, 6.07) is 0. The van der Waals surface area contributed by atoms with E-state index in [1.54, 1.807) is 0 Å². The first-order chi connectivity index (χ1) is 4.96. The highest BCUT2D eigenvalue weighted by Crippen LogP contribution is 2.61. The standard InChI is InChI=1S/C6H7Br2F3/c7-2-5(3-8)1-4(5)6(9,10)11/h4H,1-3H2. The summed E-state index contributed by atoms with van der Waals surface area (Å²) in [5.41, 5.74) is -0.557. The van der Waals surface area contributed by atoms with Gasteiger partial charge in [-0.25, -0.2) is 0 Å². The Morgan fingerprint density at radius 2 is 1.73 bits per heavy atom. The summed E-state index contributed by atoms with van der Waals surface area (Å²) in [4.78, 5) is 0. The average Bonchev–Trinajstić information content (AvgIpc) is 2.61. The van der Waals surface area contributed by atoms with Crippen molar-refractivity contribution in [2.75, 3.05) is 10.7 Å². The van der Waals surface area contributed by atoms with Gasteiger partial charge in [-0.3, -0.25) is 0 Å². The van der Waals surface area contributed by atoms with Crippen LogP contribution < -0.4 is 0 Å². The quantitative estimate of drug-likeness (QED) is 0.686. The van der Waals surface area contributed by atoms with E-state index in [9.17, 15) is 13.2 Å². The van der Waals surface area contributed by atoms with Crippen LogP contribution >= 0.6 is 31.9 Å². The molecule has 1 aliphatic carbocycles. The average molecular weight is 296 g/mol. The first-order valence-corrected chi connectivity index (χ1v) is 5.39. The van der Waals surface area contributed by atoms with Gasteiger partial charge in [-0.15, -0.1) is 0 Å². The Morgan fingerprint density at radius 3 is 1.82 bits per heavy atom. The van der Waals surface area contributed by atoms with E-state index in [0.717, 1.165) is 0 Å². The van der Waals surface area contributed by atoms with Crippen molar-refractivity contribution in [1.82, 2.24) is 0 Å². The Balaban J connectivity index is 2.58. The zero-order chi connectivity index (χ0) is 8.70. The minimum Gasteiger partial charge on any atom is -0.171 e. The molecule has 0 radical (unpaired) electrons. The summed E-state index contributed by atoms with van der Waals surface area (Å²) in [6.07, 6.45) is -3.76. The van der Waals surface area contributed by atoms with Gasteiger partial charge in [-0.2, -0.15) is 13.2 Å². The van der Waals surface area contributed by atoms with Crippen molar-refractivity contribution in [3.8, 4) is 0 Å². The molecule has 1 atom stereocenters. The van der Waals surface area contributed by atoms with Crippen molar-refractivity contribution in [3.63, 3.8) is 0 Å². The summed E-state index contributed by atoms with van der Waals surface area (Å²) < 4.78 is 36.2. The largest absolute Gasteiger partial charge is 0.392 e. The van der Waals surface area contributed by atoms with Crippen molar-refractivity contribution < 1.29 is 13.2 Å². The SMILES string of the molecule is FC(F)(F)C1CC1(CBr)CBr. The predicted molar refractivity (Wildman–Crippen MR) is 44.2 cm³/mol. The van der Waals surface area contributed by atoms with Gasteiger partial charge in [0.05, 0.1) is 5.92 Å². The maximum Gasteiger partial charge on any atom is 0.392 e. The number of rotatable bonds is 2. The highest BCUT2D eigenvalue weighted by Gasteiger charge is 2.65. The Labute approximate surface area is 79.8 Å². The van der Waals surface area contributed by atoms with Gasteiger partial charge in [0.25, 0.3) is 0 Å². The molecular weight excluding hydrogens is 289 g/mol. The molecule has 1 aliphatic rings. The fourth-order valence-corrected chi connectivity index (χ4v) is 3.31. The molecule has 1 unspecified atom stereocenters. The minimum absolute atomic E-state index is 0.257. The minimum atomic E-state index is -4.01. The summed E-state index contributed by atoms with van der Waals surface area (Å²) in [6.45, 7) is 0. The van der Waals surface area contributed by atoms with Gasteiger partial charge in [-0.05, 0) is 6.42 Å². The molecule has 0 amide bonds. The number of halogens is 5. The lowest BCUT2D eigenvalue weighted by atomic mass is 10.1. The molecule has 0 aromatic heterocycles. The maximum absolute atomic E-state index is 12.1. The van der Waals surface area contributed by atoms with Crippen LogP contribution in [0.4, 0.5) is 13.2 Å². The summed E-state index contributed by atoms with van der Waals surface area (Å²) >= 11 is 6.19. The molecule has 0 nitrogen and oxygen atoms in total. The summed E-state index contributed by atoms with van der Waals surface area (Å²) in [5, 5.41) is 0.852. The van der Waals surface area contributed by atoms with Crippen LogP contribution in [0.2, 0.25) is 0 Å². The van der Waals surface area contributed by atoms with Crippen molar-refractivity contribution in [1.29, 1.82) is 0 Å². The lowest BCUT2D eigenvalue weighted by Gasteiger charge is -2.11. The van der Waals surface area contributed by atoms with Crippen LogP contribution in [0.3, 0.4) is 0 Å². The van der Waals surface area contributed by atoms with Gasteiger partial charge < -0.3 is 0 Å². The van der Waals surface area contributed by atoms with Crippen molar-refractivity contribution >= 4 is 31.9 Å². The van der Waals surface area contributed by atoms with E-state index in [4.69, 9.17) is 0 Å². The Morgan fingerprint density at radius 1 is 1.27 bits per heavy atom. The third kappa shape index (κ3) is 1.74. The van der Waals surface area contributed by atoms with Crippen molar-refractivity contribution in [2.24, 2.45) is 11.3 Å². The number of alkyl halides is 5. The lowest BCUT2D eigenvalue weighted by molar-refractivity contribution is -0.154. The van der Waals surface area contributed by atoms with E-state index < -0.39 is 17.5 Å². The smallest absolute Gasteiger partial charge is 0.171 e. The van der Waals surface area contributed by atoms with Crippen LogP contribution in [0.1, 0.15) is 6.42 Å². The maximum atomic E-state index is 12.1. The van der Waals surface area contributed by atoms with Gasteiger partial charge in [0.15, 0.2) is 0 Å². The highest BCUT2D eigenvalue weighted by atomic mass is 79.9. The first-order valence-electron chi connectivity index (χ1n) is 3.15. The molecule has 11 heavy (non-hydrogen) atoms. The molecule has 1 fully saturated rings. The third-order valence-corrected chi connectivity index (χ3v) is 4.35. The van der Waals surface area contributed by atoms with Gasteiger partial charge in [0.1, 0.15) is 0 Å². The van der Waals surface area contributed by atoms with E-state index in [0.29, 0.717) is 10.7 Å². The second-order valence-corrected chi connectivity index (χ2v) is 4.05. The second-order valence-electron chi connectivity index (χ2n) is 2.93. The molecule has 1 saturated carbocycles. The Kier molecular flexibility index (Phi) is 2.60. The molecule has 5 heteroatoms. The lowest BCUT2D eigenvalue weighted by Crippen LogP contribution is -2.19. The molecule has 0 bridgehead atoms. The Hall–Kier alpha value is 0.750. The van der Waals surface area contributed by atoms with Crippen LogP contribution in [0.25, 0.3) is 0 Å². The molecule has 0 saturated heterocycles. The molecule has 0 aromatic rings. The third-order valence-electron chi connectivity index (χ3n) is 2.12. The fraction of sp³-hybridized carbons (Fsp3) is 1.00. The van der Waals surface area contributed by atoms with Crippen molar-refractivity contribution in [3.05, 3.63) is 0 Å². The second kappa shape index (κ2) is 2.91. The monoisotopic (exact) mass is 294 g/mol. The van der Waals surface area contributed by atoms with E-state index in [1.165, 1.54) is 0 Å². The zero-order valence-electron chi connectivity index (χ0n) is 5.59. The molecular formula is C6H7Br2F3. The van der Waals surface area contributed by atoms with Gasteiger partial charge in [0.2, 0.25) is 0 Å². The highest BCUT2D eigenvalue weighted by molar-refractivity contribution is 9.09. The van der Waals surface area contributed by atoms with Crippen LogP contribution in [0, 0.1) is 11.3 Å². The fourth-order valence-electron chi connectivity index (χ4n) is 1.14. The van der Waals surface area contributed by atoms with Gasteiger partial charge in [0, 0.05) is 16.1 Å². The molecule has 0 N–H and O–H groups in total. The van der Waals surface area contributed by atoms with E-state index >= 15 is 0 Å². The van der Waals surface area contributed by atoms with Crippen LogP contribution in [-0.2, 0) is 0 Å². The topological polar surface area (TPSA) is 0 Å². The molecule has 66 valence electrons. The van der Waals surface area contributed by atoms with E-state index in [-0.39, 0.29) is 6.42 Å². The van der Waals surface area contributed by atoms with E-state index in [2.05, 4.69) is 31.9 Å². The first kappa shape index (κ1) is 9.84. The normalized spacial score (nSPS) is 28.6. The summed E-state index contributed by atoms with van der Waals surface area (Å²) in [5.74, 6) is -1.10. The van der Waals surface area contributed by atoms with E-state index in [1.807, 2.05) is 0 Å². The number of hydrogen-bond acceptors (Lipinski definition) is 0. The van der Waals surface area contributed by atoms with Crippen molar-refractivity contribution in [2.45, 2.75) is 12.6 Å². The molecule has 0 aromatic carbocycles. The molecule has 0 aliphatic heterocycles. The molecule has 1 rings (SSSR count). The van der Waals surface area contributed by atoms with Gasteiger partial charge >= 0.3 is 6.18 Å². The summed E-state index contributed by atoms with van der Waals surface area (Å²) in [7, 11) is 0. The van der Waals surface area contributed by atoms with Crippen LogP contribution in [-0.4, -0.2) is 16.8 Å². The van der Waals surface area contributed by atoms with Crippen LogP contribution in [0.5, 0.6) is 0 Å². The Bertz CT molecular complexity index is 150. The molecule has 0 spiro atoms. The van der Waals surface area contributed by atoms with Gasteiger partial charge in [-0.1, -0.05) is 31.9 Å². The molecule has 0 heterocycles.